The summed E-state index contributed by atoms with van der Waals surface area (Å²) in [5, 5.41) is 0.915. The summed E-state index contributed by atoms with van der Waals surface area (Å²) < 4.78 is 54.2. The Bertz CT molecular complexity index is 1200. The second-order valence-corrected chi connectivity index (χ2v) is 12.4. The van der Waals surface area contributed by atoms with Crippen LogP contribution in [0.4, 0.5) is 0 Å². The molecule has 0 radical (unpaired) electrons. The van der Waals surface area contributed by atoms with Crippen molar-refractivity contribution in [3.05, 3.63) is 58.6 Å². The minimum absolute atomic E-state index is 0.0117. The Morgan fingerprint density at radius 1 is 0.743 bits per heavy atom. The van der Waals surface area contributed by atoms with Crippen LogP contribution in [0.25, 0.3) is 0 Å². The van der Waals surface area contributed by atoms with Gasteiger partial charge in [0.2, 0.25) is 26.0 Å². The average molecular weight is 564 g/mol. The highest BCUT2D eigenvalue weighted by Crippen LogP contribution is 2.15. The van der Waals surface area contributed by atoms with Gasteiger partial charge < -0.3 is 4.90 Å². The molecule has 1 heterocycles. The van der Waals surface area contributed by atoms with Gasteiger partial charge in [-0.05, 0) is 61.5 Å². The normalized spacial score (nSPS) is 15.3. The molecule has 1 aliphatic heterocycles. The van der Waals surface area contributed by atoms with Crippen LogP contribution in [0.3, 0.4) is 0 Å². The fraction of sp³-hybridized carbons (Fsp3) is 0.409. The van der Waals surface area contributed by atoms with Crippen LogP contribution in [-0.2, 0) is 24.8 Å². The Hall–Kier alpha value is -1.73. The fourth-order valence-electron chi connectivity index (χ4n) is 3.57. The minimum Gasteiger partial charge on any atom is -0.340 e. The molecule has 0 atom stereocenters. The quantitative estimate of drug-likeness (QED) is 0.405. The van der Waals surface area contributed by atoms with Crippen LogP contribution in [0.1, 0.15) is 12.8 Å². The van der Waals surface area contributed by atoms with E-state index in [9.17, 15) is 21.6 Å². The Balaban J connectivity index is 1.33. The van der Waals surface area contributed by atoms with E-state index < -0.39 is 20.0 Å². The van der Waals surface area contributed by atoms with Crippen molar-refractivity contribution in [2.24, 2.45) is 0 Å². The Kier molecular flexibility index (Phi) is 9.94. The predicted molar refractivity (Wildman–Crippen MR) is 136 cm³/mol. The Morgan fingerprint density at radius 3 is 1.69 bits per heavy atom. The summed E-state index contributed by atoms with van der Waals surface area (Å²) in [6.07, 6.45) is 0.701. The zero-order valence-corrected chi connectivity index (χ0v) is 22.1. The molecule has 0 spiro atoms. The first-order chi connectivity index (χ1) is 16.6. The molecule has 0 aliphatic carbocycles. The number of piperazine rings is 1. The molecule has 0 unspecified atom stereocenters. The third-order valence-electron chi connectivity index (χ3n) is 5.55. The lowest BCUT2D eigenvalue weighted by atomic mass is 10.2. The van der Waals surface area contributed by atoms with E-state index in [-0.39, 0.29) is 28.7 Å². The van der Waals surface area contributed by atoms with Crippen LogP contribution in [0.15, 0.2) is 58.3 Å². The summed E-state index contributed by atoms with van der Waals surface area (Å²) in [7, 11) is -7.27. The second kappa shape index (κ2) is 12.5. The molecule has 192 valence electrons. The van der Waals surface area contributed by atoms with Crippen LogP contribution in [0, 0.1) is 0 Å². The van der Waals surface area contributed by atoms with Crippen molar-refractivity contribution < 1.29 is 21.6 Å². The van der Waals surface area contributed by atoms with Crippen molar-refractivity contribution in [2.45, 2.75) is 22.6 Å². The second-order valence-electron chi connectivity index (χ2n) is 8.03. The van der Waals surface area contributed by atoms with Gasteiger partial charge in [-0.1, -0.05) is 23.2 Å². The van der Waals surface area contributed by atoms with Crippen molar-refractivity contribution in [1.82, 2.24) is 19.2 Å². The molecule has 1 amide bonds. The van der Waals surface area contributed by atoms with E-state index in [1.807, 2.05) is 0 Å². The van der Waals surface area contributed by atoms with Gasteiger partial charge in [0.1, 0.15) is 0 Å². The average Bonchev–Trinajstić information content (AvgIpc) is 2.82. The topological polar surface area (TPSA) is 116 Å². The fourth-order valence-corrected chi connectivity index (χ4v) is 5.93. The van der Waals surface area contributed by atoms with E-state index in [4.69, 9.17) is 23.2 Å². The molecule has 2 aromatic carbocycles. The van der Waals surface area contributed by atoms with E-state index in [0.29, 0.717) is 55.7 Å². The van der Waals surface area contributed by atoms with E-state index in [0.717, 1.165) is 0 Å². The lowest BCUT2D eigenvalue weighted by Gasteiger charge is -2.34. The number of carbonyl (C=O) groups excluding carboxylic acids is 1. The molecule has 1 fully saturated rings. The monoisotopic (exact) mass is 562 g/mol. The van der Waals surface area contributed by atoms with Crippen LogP contribution >= 0.6 is 23.2 Å². The van der Waals surface area contributed by atoms with Crippen LogP contribution in [-0.4, -0.2) is 78.4 Å². The molecule has 9 nitrogen and oxygen atoms in total. The van der Waals surface area contributed by atoms with Crippen molar-refractivity contribution in [3.8, 4) is 0 Å². The van der Waals surface area contributed by atoms with Gasteiger partial charge >= 0.3 is 0 Å². The van der Waals surface area contributed by atoms with Gasteiger partial charge in [-0.3, -0.25) is 9.69 Å². The Labute approximate surface area is 216 Å². The highest BCUT2D eigenvalue weighted by molar-refractivity contribution is 7.89. The van der Waals surface area contributed by atoms with Gasteiger partial charge in [0, 0.05) is 55.7 Å². The zero-order chi connectivity index (χ0) is 25.5. The van der Waals surface area contributed by atoms with E-state index in [2.05, 4.69) is 14.3 Å². The largest absolute Gasteiger partial charge is 0.340 e. The zero-order valence-electron chi connectivity index (χ0n) is 19.0. The van der Waals surface area contributed by atoms with Gasteiger partial charge in [0.15, 0.2) is 0 Å². The number of amides is 1. The highest BCUT2D eigenvalue weighted by atomic mass is 35.5. The lowest BCUT2D eigenvalue weighted by molar-refractivity contribution is -0.132. The molecule has 13 heteroatoms. The number of nitrogens with one attached hydrogen (secondary N) is 2. The van der Waals surface area contributed by atoms with Gasteiger partial charge in [-0.25, -0.2) is 26.3 Å². The van der Waals surface area contributed by atoms with Gasteiger partial charge in [0.25, 0.3) is 0 Å². The summed E-state index contributed by atoms with van der Waals surface area (Å²) in [5.74, 6) is -0.112. The van der Waals surface area contributed by atoms with E-state index >= 15 is 0 Å². The lowest BCUT2D eigenvalue weighted by Crippen LogP contribution is -2.49. The minimum atomic E-state index is -3.70. The summed E-state index contributed by atoms with van der Waals surface area (Å²) in [4.78, 5) is 16.6. The number of nitrogens with zero attached hydrogens (tertiary/aromatic N) is 2. The molecular formula is C22H28Cl2N4O5S2. The van der Waals surface area contributed by atoms with Crippen molar-refractivity contribution in [2.75, 3.05) is 45.8 Å². The number of hydrogen-bond acceptors (Lipinski definition) is 6. The molecule has 3 rings (SSSR count). The van der Waals surface area contributed by atoms with Crippen molar-refractivity contribution in [1.29, 1.82) is 0 Å². The van der Waals surface area contributed by atoms with Crippen molar-refractivity contribution in [3.63, 3.8) is 0 Å². The summed E-state index contributed by atoms with van der Waals surface area (Å²) in [6.45, 7) is 3.44. The molecule has 0 saturated carbocycles. The number of rotatable bonds is 11. The number of carbonyl (C=O) groups is 1. The number of benzene rings is 2. The summed E-state index contributed by atoms with van der Waals surface area (Å²) >= 11 is 11.6. The SMILES string of the molecule is O=C(CCNS(=O)(=O)c1ccc(Cl)cc1)N1CCN(CCCNS(=O)(=O)c2ccc(Cl)cc2)CC1. The summed E-state index contributed by atoms with van der Waals surface area (Å²) in [5.41, 5.74) is 0. The molecule has 0 bridgehead atoms. The first-order valence-corrected chi connectivity index (χ1v) is 14.8. The maximum atomic E-state index is 12.5. The number of sulfonamides is 2. The van der Waals surface area contributed by atoms with Crippen LogP contribution in [0.5, 0.6) is 0 Å². The number of hydrogen-bond donors (Lipinski definition) is 2. The highest BCUT2D eigenvalue weighted by Gasteiger charge is 2.22. The smallest absolute Gasteiger partial charge is 0.240 e. The van der Waals surface area contributed by atoms with Gasteiger partial charge in [-0.15, -0.1) is 0 Å². The van der Waals surface area contributed by atoms with Crippen molar-refractivity contribution >= 4 is 49.2 Å². The number of halogens is 2. The van der Waals surface area contributed by atoms with Gasteiger partial charge in [-0.2, -0.15) is 0 Å². The van der Waals surface area contributed by atoms with Gasteiger partial charge in [0.05, 0.1) is 9.79 Å². The maximum absolute atomic E-state index is 12.5. The first-order valence-electron chi connectivity index (χ1n) is 11.1. The third kappa shape index (κ3) is 8.42. The molecule has 0 aromatic heterocycles. The van der Waals surface area contributed by atoms with Crippen LogP contribution in [0.2, 0.25) is 10.0 Å². The van der Waals surface area contributed by atoms with Crippen LogP contribution < -0.4 is 9.44 Å². The standard InChI is InChI=1S/C22H28Cl2N4O5S2/c23-18-2-6-20(7-3-18)34(30,31)25-11-1-13-27-14-16-28(17-15-27)22(29)10-12-26-35(32,33)21-8-4-19(24)5-9-21/h2-9,25-26H,1,10-17H2. The molecule has 2 N–H and O–H groups in total. The molecular weight excluding hydrogens is 535 g/mol. The third-order valence-corrected chi connectivity index (χ3v) is 9.00. The molecule has 1 aliphatic rings. The Morgan fingerprint density at radius 2 is 1.20 bits per heavy atom. The first kappa shape index (κ1) is 27.9. The van der Waals surface area contributed by atoms with E-state index in [1.165, 1.54) is 48.5 Å². The molecule has 2 aromatic rings. The summed E-state index contributed by atoms with van der Waals surface area (Å²) in [6, 6.07) is 11.8. The maximum Gasteiger partial charge on any atom is 0.240 e. The molecule has 1 saturated heterocycles. The molecule has 35 heavy (non-hydrogen) atoms. The van der Waals surface area contributed by atoms with E-state index in [1.54, 1.807) is 4.90 Å². The predicted octanol–water partition coefficient (Wildman–Crippen LogP) is 2.17.